The number of rotatable bonds is 0. The van der Waals surface area contributed by atoms with Gasteiger partial charge in [-0.2, -0.15) is 0 Å². The molecule has 0 radical (unpaired) electrons. The molecule has 1 nitrogen and oxygen atoms in total. The molecule has 0 fully saturated rings. The molecular weight excluding hydrogens is 217 g/mol. The van der Waals surface area contributed by atoms with Crippen molar-refractivity contribution in [2.75, 3.05) is 5.73 Å². The second-order valence-corrected chi connectivity index (χ2v) is 3.60. The Morgan fingerprint density at radius 3 is 2.57 bits per heavy atom. The van der Waals surface area contributed by atoms with Gasteiger partial charge in [-0.05, 0) is 36.1 Å². The van der Waals surface area contributed by atoms with Gasteiger partial charge in [0.05, 0.1) is 0 Å². The van der Waals surface area contributed by atoms with Crippen molar-refractivity contribution in [3.05, 3.63) is 40.9 Å². The lowest BCUT2D eigenvalue weighted by atomic mass is 10.0. The summed E-state index contributed by atoms with van der Waals surface area (Å²) in [5.74, 6) is 0. The number of anilines is 1. The molecule has 0 saturated carbocycles. The van der Waals surface area contributed by atoms with E-state index in [9.17, 15) is 0 Å². The first-order valence-corrected chi connectivity index (χ1v) is 4.50. The van der Waals surface area contributed by atoms with E-state index < -0.39 is 0 Å². The van der Waals surface area contributed by atoms with E-state index in [-0.39, 0.29) is 12.4 Å². The Hall–Kier alpha value is -0.920. The van der Waals surface area contributed by atoms with E-state index in [4.69, 9.17) is 17.3 Å². The molecule has 3 heteroatoms. The van der Waals surface area contributed by atoms with Crippen molar-refractivity contribution in [2.24, 2.45) is 0 Å². The van der Waals surface area contributed by atoms with Gasteiger partial charge in [-0.1, -0.05) is 23.7 Å². The van der Waals surface area contributed by atoms with Crippen molar-refractivity contribution in [3.63, 3.8) is 0 Å². The van der Waals surface area contributed by atoms with E-state index >= 15 is 0 Å². The Kier molecular flexibility index (Phi) is 3.25. The third-order valence-corrected chi connectivity index (χ3v) is 2.42. The zero-order valence-corrected chi connectivity index (χ0v) is 9.32. The smallest absolute Gasteiger partial charge is 0.0415 e. The molecule has 0 aliphatic heterocycles. The summed E-state index contributed by atoms with van der Waals surface area (Å²) in [6, 6.07) is 9.75. The minimum atomic E-state index is 0. The van der Waals surface area contributed by atoms with Crippen LogP contribution in [-0.4, -0.2) is 0 Å². The fourth-order valence-corrected chi connectivity index (χ4v) is 1.82. The highest BCUT2D eigenvalue weighted by atomic mass is 35.5. The molecule has 0 aromatic heterocycles. The van der Waals surface area contributed by atoms with Gasteiger partial charge < -0.3 is 5.73 Å². The van der Waals surface area contributed by atoms with Crippen molar-refractivity contribution in [1.29, 1.82) is 0 Å². The van der Waals surface area contributed by atoms with Gasteiger partial charge in [0.25, 0.3) is 0 Å². The van der Waals surface area contributed by atoms with Gasteiger partial charge in [-0.3, -0.25) is 0 Å². The quantitative estimate of drug-likeness (QED) is 0.681. The lowest BCUT2D eigenvalue weighted by Gasteiger charge is -2.05. The monoisotopic (exact) mass is 227 g/mol. The molecule has 74 valence electrons. The third-order valence-electron chi connectivity index (χ3n) is 2.20. The Morgan fingerprint density at radius 1 is 1.14 bits per heavy atom. The number of aryl methyl sites for hydroxylation is 1. The highest BCUT2D eigenvalue weighted by Gasteiger charge is 2.01. The van der Waals surface area contributed by atoms with E-state index in [1.54, 1.807) is 0 Å². The van der Waals surface area contributed by atoms with Crippen molar-refractivity contribution in [1.82, 2.24) is 0 Å². The normalized spacial score (nSPS) is 9.86. The summed E-state index contributed by atoms with van der Waals surface area (Å²) in [4.78, 5) is 0. The van der Waals surface area contributed by atoms with E-state index in [0.29, 0.717) is 0 Å². The van der Waals surface area contributed by atoms with Crippen LogP contribution in [0.3, 0.4) is 0 Å². The molecule has 2 rings (SSSR count). The average Bonchev–Trinajstić information content (AvgIpc) is 2.07. The van der Waals surface area contributed by atoms with Crippen LogP contribution >= 0.6 is 24.0 Å². The summed E-state index contributed by atoms with van der Waals surface area (Å²) >= 11 is 5.94. The zero-order chi connectivity index (χ0) is 9.42. The molecule has 0 aliphatic rings. The minimum absolute atomic E-state index is 0. The number of hydrogen-bond donors (Lipinski definition) is 1. The van der Waals surface area contributed by atoms with Crippen LogP contribution in [0.4, 0.5) is 5.69 Å². The first kappa shape index (κ1) is 11.2. The van der Waals surface area contributed by atoms with Gasteiger partial charge in [-0.15, -0.1) is 12.4 Å². The summed E-state index contributed by atoms with van der Waals surface area (Å²) in [7, 11) is 0. The maximum absolute atomic E-state index is 5.94. The highest BCUT2D eigenvalue weighted by molar-refractivity contribution is 6.31. The summed E-state index contributed by atoms with van der Waals surface area (Å²) in [5.41, 5.74) is 7.78. The Balaban J connectivity index is 0.000000980. The van der Waals surface area contributed by atoms with Crippen LogP contribution in [-0.2, 0) is 0 Å². The summed E-state index contributed by atoms with van der Waals surface area (Å²) in [5, 5.41) is 2.94. The molecular formula is C11H11Cl2N. The molecule has 0 heterocycles. The maximum Gasteiger partial charge on any atom is 0.0415 e. The SMILES string of the molecule is Cc1cc(Cl)cc2c(N)cccc12.Cl. The molecule has 0 spiro atoms. The van der Waals surface area contributed by atoms with Gasteiger partial charge >= 0.3 is 0 Å². The molecule has 0 atom stereocenters. The van der Waals surface area contributed by atoms with E-state index in [1.165, 1.54) is 5.39 Å². The molecule has 2 aromatic carbocycles. The lowest BCUT2D eigenvalue weighted by Crippen LogP contribution is -1.87. The molecule has 0 saturated heterocycles. The number of fused-ring (bicyclic) bond motifs is 1. The van der Waals surface area contributed by atoms with Gasteiger partial charge in [0.15, 0.2) is 0 Å². The van der Waals surface area contributed by atoms with Crippen molar-refractivity contribution >= 4 is 40.5 Å². The van der Waals surface area contributed by atoms with Crippen molar-refractivity contribution < 1.29 is 0 Å². The van der Waals surface area contributed by atoms with Crippen LogP contribution < -0.4 is 5.73 Å². The van der Waals surface area contributed by atoms with Gasteiger partial charge in [0.1, 0.15) is 0 Å². The van der Waals surface area contributed by atoms with E-state index in [0.717, 1.165) is 21.7 Å². The Morgan fingerprint density at radius 2 is 1.86 bits per heavy atom. The fourth-order valence-electron chi connectivity index (χ4n) is 1.55. The maximum atomic E-state index is 5.94. The van der Waals surface area contributed by atoms with Crippen LogP contribution in [0.1, 0.15) is 5.56 Å². The molecule has 2 aromatic rings. The van der Waals surface area contributed by atoms with E-state index in [1.807, 2.05) is 31.2 Å². The number of benzene rings is 2. The topological polar surface area (TPSA) is 26.0 Å². The molecule has 0 amide bonds. The largest absolute Gasteiger partial charge is 0.398 e. The van der Waals surface area contributed by atoms with Crippen LogP contribution in [0.2, 0.25) is 5.02 Å². The molecule has 0 unspecified atom stereocenters. The average molecular weight is 228 g/mol. The third kappa shape index (κ3) is 1.79. The van der Waals surface area contributed by atoms with Crippen LogP contribution in [0.15, 0.2) is 30.3 Å². The molecule has 2 N–H and O–H groups in total. The van der Waals surface area contributed by atoms with Gasteiger partial charge in [0.2, 0.25) is 0 Å². The minimum Gasteiger partial charge on any atom is -0.398 e. The number of nitrogen functional groups attached to an aromatic ring is 1. The lowest BCUT2D eigenvalue weighted by molar-refractivity contribution is 1.53. The van der Waals surface area contributed by atoms with Crippen molar-refractivity contribution in [2.45, 2.75) is 6.92 Å². The van der Waals surface area contributed by atoms with Gasteiger partial charge in [0, 0.05) is 16.1 Å². The number of halogens is 2. The molecule has 0 bridgehead atoms. The summed E-state index contributed by atoms with van der Waals surface area (Å²) < 4.78 is 0. The second-order valence-electron chi connectivity index (χ2n) is 3.17. The van der Waals surface area contributed by atoms with Crippen LogP contribution in [0.5, 0.6) is 0 Å². The predicted molar refractivity (Wildman–Crippen MR) is 65.4 cm³/mol. The first-order chi connectivity index (χ1) is 6.18. The van der Waals surface area contributed by atoms with Crippen LogP contribution in [0, 0.1) is 6.92 Å². The standard InChI is InChI=1S/C11H10ClN.ClH/c1-7-5-8(12)6-10-9(7)3-2-4-11(10)13;/h2-6H,13H2,1H3;1H. The van der Waals surface area contributed by atoms with Gasteiger partial charge in [-0.25, -0.2) is 0 Å². The summed E-state index contributed by atoms with van der Waals surface area (Å²) in [6.45, 7) is 2.04. The zero-order valence-electron chi connectivity index (χ0n) is 7.75. The molecule has 14 heavy (non-hydrogen) atoms. The fraction of sp³-hybridized carbons (Fsp3) is 0.0909. The second kappa shape index (κ2) is 4.07. The highest BCUT2D eigenvalue weighted by Crippen LogP contribution is 2.27. The Labute approximate surface area is 94.3 Å². The predicted octanol–water partition coefficient (Wildman–Crippen LogP) is 3.81. The van der Waals surface area contributed by atoms with E-state index in [2.05, 4.69) is 6.07 Å². The molecule has 0 aliphatic carbocycles. The number of hydrogen-bond acceptors (Lipinski definition) is 1. The van der Waals surface area contributed by atoms with Crippen molar-refractivity contribution in [3.8, 4) is 0 Å². The number of nitrogens with two attached hydrogens (primary N) is 1. The summed E-state index contributed by atoms with van der Waals surface area (Å²) in [6.07, 6.45) is 0. The van der Waals surface area contributed by atoms with Crippen LogP contribution in [0.25, 0.3) is 10.8 Å². The Bertz CT molecular complexity index is 466. The first-order valence-electron chi connectivity index (χ1n) is 4.13.